The van der Waals surface area contributed by atoms with E-state index in [-0.39, 0.29) is 5.91 Å². The van der Waals surface area contributed by atoms with E-state index in [1.807, 2.05) is 29.5 Å². The number of amides is 1. The number of carbonyl (C=O) groups is 1. The van der Waals surface area contributed by atoms with Crippen LogP contribution in [-0.2, 0) is 29.8 Å². The molecule has 0 spiro atoms. The Kier molecular flexibility index (Phi) is 4.76. The third-order valence-electron chi connectivity index (χ3n) is 4.71. The van der Waals surface area contributed by atoms with Crippen molar-refractivity contribution in [3.63, 3.8) is 0 Å². The first-order valence-electron chi connectivity index (χ1n) is 8.61. The van der Waals surface area contributed by atoms with Crippen molar-refractivity contribution in [3.8, 4) is 0 Å². The van der Waals surface area contributed by atoms with Gasteiger partial charge in [0.15, 0.2) is 0 Å². The highest BCUT2D eigenvalue weighted by Gasteiger charge is 2.24. The smallest absolute Gasteiger partial charge is 0.257 e. The van der Waals surface area contributed by atoms with E-state index in [2.05, 4.69) is 23.5 Å². The van der Waals surface area contributed by atoms with Crippen LogP contribution in [0.2, 0.25) is 0 Å². The fourth-order valence-corrected chi connectivity index (χ4v) is 5.98. The molecule has 1 N–H and O–H groups in total. The van der Waals surface area contributed by atoms with Gasteiger partial charge in [-0.2, -0.15) is 0 Å². The van der Waals surface area contributed by atoms with Crippen molar-refractivity contribution in [1.29, 1.82) is 0 Å². The van der Waals surface area contributed by atoms with Crippen LogP contribution in [-0.4, -0.2) is 12.5 Å². The van der Waals surface area contributed by atoms with Crippen LogP contribution in [0.5, 0.6) is 0 Å². The molecule has 2 heterocycles. The summed E-state index contributed by atoms with van der Waals surface area (Å²) in [5, 5.41) is 3.07. The maximum atomic E-state index is 12.4. The van der Waals surface area contributed by atoms with Crippen LogP contribution in [0.25, 0.3) is 6.08 Å². The van der Waals surface area contributed by atoms with E-state index >= 15 is 0 Å². The minimum absolute atomic E-state index is 0.0768. The average molecular weight is 356 g/mol. The molecule has 4 heteroatoms. The number of aryl methyl sites for hydroxylation is 1. The first kappa shape index (κ1) is 16.0. The Balaban J connectivity index is 1.41. The molecule has 2 aromatic rings. The topological polar surface area (TPSA) is 29.1 Å². The van der Waals surface area contributed by atoms with Crippen molar-refractivity contribution >= 4 is 35.1 Å². The van der Waals surface area contributed by atoms with E-state index in [1.54, 1.807) is 22.2 Å². The molecule has 1 amide bonds. The van der Waals surface area contributed by atoms with E-state index in [0.29, 0.717) is 6.54 Å². The summed E-state index contributed by atoms with van der Waals surface area (Å²) in [6.45, 7) is 0.689. The lowest BCUT2D eigenvalue weighted by Gasteiger charge is -2.16. The second-order valence-corrected chi connectivity index (χ2v) is 8.50. The number of thioether (sulfide) groups is 1. The number of benzene rings is 1. The first-order valence-corrected chi connectivity index (χ1v) is 10.4. The fourth-order valence-electron chi connectivity index (χ4n) is 3.42. The van der Waals surface area contributed by atoms with Crippen LogP contribution in [0.15, 0.2) is 35.2 Å². The van der Waals surface area contributed by atoms with Gasteiger partial charge in [0.2, 0.25) is 0 Å². The Bertz CT molecular complexity index is 776. The second-order valence-electron chi connectivity index (χ2n) is 6.34. The molecular formula is C20H21NOS2. The molecule has 0 fully saturated rings. The Morgan fingerprint density at radius 1 is 1.08 bits per heavy atom. The number of fused-ring (bicyclic) bond motifs is 3. The van der Waals surface area contributed by atoms with Crippen LogP contribution in [0.4, 0.5) is 0 Å². The Morgan fingerprint density at radius 2 is 1.92 bits per heavy atom. The van der Waals surface area contributed by atoms with E-state index in [9.17, 15) is 4.79 Å². The summed E-state index contributed by atoms with van der Waals surface area (Å²) in [6.07, 6.45) is 8.08. The van der Waals surface area contributed by atoms with Crippen molar-refractivity contribution in [2.75, 3.05) is 6.54 Å². The van der Waals surface area contributed by atoms with Gasteiger partial charge in [0.25, 0.3) is 5.91 Å². The molecule has 1 aromatic heterocycles. The fraction of sp³-hybridized carbons (Fsp3) is 0.350. The summed E-state index contributed by atoms with van der Waals surface area (Å²) in [5.41, 5.74) is 4.35. The van der Waals surface area contributed by atoms with Crippen LogP contribution in [0.3, 0.4) is 0 Å². The average Bonchev–Trinajstić information content (AvgIpc) is 3.00. The summed E-state index contributed by atoms with van der Waals surface area (Å²) in [6, 6.07) is 10.3. The highest BCUT2D eigenvalue weighted by atomic mass is 32.2. The standard InChI is InChI=1S/C20H21NOS2/c22-20(21-11-10-14-6-2-1-3-7-14)19-12-18-16(13-23-19)15-8-4-5-9-17(15)24-18/h1-3,6-7,12H,4-5,8-11,13H2,(H,21,22). The number of hydrogen-bond acceptors (Lipinski definition) is 3. The lowest BCUT2D eigenvalue weighted by molar-refractivity contribution is -0.116. The number of carbonyl (C=O) groups excluding carboxylic acids is 1. The maximum absolute atomic E-state index is 12.4. The largest absolute Gasteiger partial charge is 0.351 e. The summed E-state index contributed by atoms with van der Waals surface area (Å²) < 4.78 is 0. The van der Waals surface area contributed by atoms with Gasteiger partial charge in [-0.15, -0.1) is 23.1 Å². The third-order valence-corrected chi connectivity index (χ3v) is 7.04. The van der Waals surface area contributed by atoms with Crippen molar-refractivity contribution in [2.24, 2.45) is 0 Å². The van der Waals surface area contributed by atoms with Crippen molar-refractivity contribution in [2.45, 2.75) is 37.9 Å². The highest BCUT2D eigenvalue weighted by molar-refractivity contribution is 8.03. The maximum Gasteiger partial charge on any atom is 0.257 e. The molecule has 4 rings (SSSR count). The van der Waals surface area contributed by atoms with Crippen LogP contribution in [0.1, 0.15) is 39.3 Å². The lowest BCUT2D eigenvalue weighted by atomic mass is 9.95. The van der Waals surface area contributed by atoms with Crippen molar-refractivity contribution < 1.29 is 4.79 Å². The van der Waals surface area contributed by atoms with Gasteiger partial charge >= 0.3 is 0 Å². The monoisotopic (exact) mass is 355 g/mol. The number of thiophene rings is 1. The Hall–Kier alpha value is -1.52. The van der Waals surface area contributed by atoms with Gasteiger partial charge in [-0.1, -0.05) is 30.3 Å². The molecule has 2 aliphatic rings. The lowest BCUT2D eigenvalue weighted by Crippen LogP contribution is -2.26. The van der Waals surface area contributed by atoms with Crippen molar-refractivity contribution in [1.82, 2.24) is 5.32 Å². The predicted octanol–water partition coefficient (Wildman–Crippen LogP) is 4.57. The number of nitrogens with one attached hydrogen (secondary N) is 1. The van der Waals surface area contributed by atoms with Crippen LogP contribution in [0, 0.1) is 0 Å². The molecule has 0 saturated heterocycles. The van der Waals surface area contributed by atoms with Gasteiger partial charge in [-0.05, 0) is 54.9 Å². The van der Waals surface area contributed by atoms with E-state index in [4.69, 9.17) is 0 Å². The van der Waals surface area contributed by atoms with Crippen LogP contribution >= 0.6 is 23.1 Å². The molecule has 24 heavy (non-hydrogen) atoms. The summed E-state index contributed by atoms with van der Waals surface area (Å²) >= 11 is 3.60. The molecule has 1 aliphatic heterocycles. The normalized spacial score (nSPS) is 16.1. The minimum atomic E-state index is 0.0768. The zero-order chi connectivity index (χ0) is 16.4. The molecule has 0 radical (unpaired) electrons. The molecule has 2 nitrogen and oxygen atoms in total. The molecule has 0 unspecified atom stereocenters. The number of hydrogen-bond donors (Lipinski definition) is 1. The van der Waals surface area contributed by atoms with Crippen LogP contribution < -0.4 is 5.32 Å². The SMILES string of the molecule is O=C(NCCc1ccccc1)C1=Cc2sc3c(c2CS1)CCCC3. The molecule has 124 valence electrons. The quantitative estimate of drug-likeness (QED) is 0.870. The molecule has 0 saturated carbocycles. The zero-order valence-electron chi connectivity index (χ0n) is 13.6. The number of rotatable bonds is 4. The van der Waals surface area contributed by atoms with Gasteiger partial charge in [0, 0.05) is 22.1 Å². The minimum Gasteiger partial charge on any atom is -0.351 e. The summed E-state index contributed by atoms with van der Waals surface area (Å²) in [5.74, 6) is 1.03. The molecule has 0 bridgehead atoms. The Labute approximate surface area is 151 Å². The summed E-state index contributed by atoms with van der Waals surface area (Å²) in [7, 11) is 0. The Morgan fingerprint density at radius 3 is 2.79 bits per heavy atom. The van der Waals surface area contributed by atoms with Gasteiger partial charge in [0.1, 0.15) is 0 Å². The molecule has 1 aromatic carbocycles. The van der Waals surface area contributed by atoms with Crippen molar-refractivity contribution in [3.05, 3.63) is 61.7 Å². The molecule has 0 atom stereocenters. The molecule has 1 aliphatic carbocycles. The van der Waals surface area contributed by atoms with E-state index in [1.165, 1.54) is 41.7 Å². The van der Waals surface area contributed by atoms with E-state index < -0.39 is 0 Å². The third kappa shape index (κ3) is 3.31. The first-order chi connectivity index (χ1) is 11.8. The zero-order valence-corrected chi connectivity index (χ0v) is 15.3. The predicted molar refractivity (Wildman–Crippen MR) is 103 cm³/mol. The highest BCUT2D eigenvalue weighted by Crippen LogP contribution is 2.42. The second kappa shape index (κ2) is 7.16. The van der Waals surface area contributed by atoms with E-state index in [0.717, 1.165) is 17.1 Å². The summed E-state index contributed by atoms with van der Waals surface area (Å²) in [4.78, 5) is 16.2. The molecular weight excluding hydrogens is 334 g/mol. The van der Waals surface area contributed by atoms with Gasteiger partial charge in [-0.25, -0.2) is 0 Å². The van der Waals surface area contributed by atoms with Gasteiger partial charge < -0.3 is 5.32 Å². The van der Waals surface area contributed by atoms with Gasteiger partial charge in [0.05, 0.1) is 4.91 Å². The van der Waals surface area contributed by atoms with Gasteiger partial charge in [-0.3, -0.25) is 4.79 Å².